The van der Waals surface area contributed by atoms with Crippen molar-refractivity contribution in [2.75, 3.05) is 0 Å². The van der Waals surface area contributed by atoms with E-state index < -0.39 is 0 Å². The van der Waals surface area contributed by atoms with Gasteiger partial charge in [0.25, 0.3) is 0 Å². The molecular weight excluding hydrogens is 205 g/mol. The molecule has 3 heteroatoms. The molecule has 0 radical (unpaired) electrons. The Hall–Kier alpha value is -0.240. The molecule has 2 unspecified atom stereocenters. The highest BCUT2D eigenvalue weighted by Gasteiger charge is 2.29. The minimum absolute atomic E-state index is 0.0428. The van der Waals surface area contributed by atoms with Gasteiger partial charge in [0.05, 0.1) is 0 Å². The SMILES string of the molecule is CC1Cc2c(Cl)ccc(Cl)c2C1N. The van der Waals surface area contributed by atoms with E-state index in [2.05, 4.69) is 6.92 Å². The van der Waals surface area contributed by atoms with Gasteiger partial charge in [0.1, 0.15) is 0 Å². The molecule has 0 heterocycles. The molecule has 1 aliphatic carbocycles. The van der Waals surface area contributed by atoms with E-state index >= 15 is 0 Å². The number of hydrogen-bond acceptors (Lipinski definition) is 1. The van der Waals surface area contributed by atoms with Crippen molar-refractivity contribution < 1.29 is 0 Å². The summed E-state index contributed by atoms with van der Waals surface area (Å²) in [4.78, 5) is 0. The first kappa shape index (κ1) is 9.32. The first-order valence-corrected chi connectivity index (χ1v) is 5.09. The van der Waals surface area contributed by atoms with Gasteiger partial charge >= 0.3 is 0 Å². The lowest BCUT2D eigenvalue weighted by Gasteiger charge is -2.10. The first-order chi connectivity index (χ1) is 6.11. The van der Waals surface area contributed by atoms with Crippen molar-refractivity contribution in [2.24, 2.45) is 11.7 Å². The fourth-order valence-electron chi connectivity index (χ4n) is 1.91. The van der Waals surface area contributed by atoms with Crippen LogP contribution in [0.3, 0.4) is 0 Å². The monoisotopic (exact) mass is 215 g/mol. The molecule has 0 saturated heterocycles. The van der Waals surface area contributed by atoms with Crippen molar-refractivity contribution in [1.82, 2.24) is 0 Å². The van der Waals surface area contributed by atoms with Crippen molar-refractivity contribution in [2.45, 2.75) is 19.4 Å². The zero-order valence-corrected chi connectivity index (χ0v) is 8.86. The van der Waals surface area contributed by atoms with E-state index in [0.29, 0.717) is 5.92 Å². The Bertz CT molecular complexity index is 349. The number of benzene rings is 1. The van der Waals surface area contributed by atoms with Crippen LogP contribution >= 0.6 is 23.2 Å². The molecule has 0 aromatic heterocycles. The van der Waals surface area contributed by atoms with Gasteiger partial charge in [-0.3, -0.25) is 0 Å². The Balaban J connectivity index is 2.61. The summed E-state index contributed by atoms with van der Waals surface area (Å²) >= 11 is 12.1. The van der Waals surface area contributed by atoms with Crippen LogP contribution in [0.4, 0.5) is 0 Å². The second kappa shape index (κ2) is 3.16. The minimum atomic E-state index is 0.0428. The van der Waals surface area contributed by atoms with Gasteiger partial charge in [-0.15, -0.1) is 0 Å². The average molecular weight is 216 g/mol. The summed E-state index contributed by atoms with van der Waals surface area (Å²) < 4.78 is 0. The lowest BCUT2D eigenvalue weighted by Crippen LogP contribution is -2.13. The molecule has 1 nitrogen and oxygen atoms in total. The molecule has 2 atom stereocenters. The molecule has 0 fully saturated rings. The Morgan fingerprint density at radius 2 is 1.92 bits per heavy atom. The van der Waals surface area contributed by atoms with E-state index in [1.807, 2.05) is 12.1 Å². The van der Waals surface area contributed by atoms with Crippen molar-refractivity contribution in [1.29, 1.82) is 0 Å². The van der Waals surface area contributed by atoms with E-state index in [0.717, 1.165) is 27.6 Å². The van der Waals surface area contributed by atoms with Crippen LogP contribution in [0.1, 0.15) is 24.1 Å². The summed E-state index contributed by atoms with van der Waals surface area (Å²) in [7, 11) is 0. The molecule has 13 heavy (non-hydrogen) atoms. The molecule has 2 N–H and O–H groups in total. The van der Waals surface area contributed by atoms with Gasteiger partial charge in [0, 0.05) is 16.1 Å². The van der Waals surface area contributed by atoms with Crippen LogP contribution in [0, 0.1) is 5.92 Å². The van der Waals surface area contributed by atoms with Crippen LogP contribution in [0.25, 0.3) is 0 Å². The number of rotatable bonds is 0. The maximum atomic E-state index is 6.06. The predicted octanol–water partition coefficient (Wildman–Crippen LogP) is 3.19. The largest absolute Gasteiger partial charge is 0.324 e. The molecule has 0 amide bonds. The highest BCUT2D eigenvalue weighted by Crippen LogP contribution is 2.41. The van der Waals surface area contributed by atoms with Crippen LogP contribution in [-0.4, -0.2) is 0 Å². The average Bonchev–Trinajstić information content (AvgIpc) is 2.38. The van der Waals surface area contributed by atoms with Crippen LogP contribution in [0.2, 0.25) is 10.0 Å². The van der Waals surface area contributed by atoms with Gasteiger partial charge in [-0.2, -0.15) is 0 Å². The quantitative estimate of drug-likeness (QED) is 0.708. The van der Waals surface area contributed by atoms with Gasteiger partial charge in [0.15, 0.2) is 0 Å². The normalized spacial score (nSPS) is 26.2. The minimum Gasteiger partial charge on any atom is -0.324 e. The molecule has 2 rings (SSSR count). The van der Waals surface area contributed by atoms with Gasteiger partial charge in [-0.25, -0.2) is 0 Å². The van der Waals surface area contributed by atoms with E-state index in [1.54, 1.807) is 0 Å². The molecule has 0 aliphatic heterocycles. The second-order valence-corrected chi connectivity index (χ2v) is 4.44. The Labute approximate surface area is 87.8 Å². The molecule has 70 valence electrons. The van der Waals surface area contributed by atoms with E-state index in [9.17, 15) is 0 Å². The summed E-state index contributed by atoms with van der Waals surface area (Å²) in [6.45, 7) is 2.12. The number of nitrogens with two attached hydrogens (primary N) is 1. The summed E-state index contributed by atoms with van der Waals surface area (Å²) in [6.07, 6.45) is 0.940. The fraction of sp³-hybridized carbons (Fsp3) is 0.400. The maximum Gasteiger partial charge on any atom is 0.0457 e. The summed E-state index contributed by atoms with van der Waals surface area (Å²) in [5.74, 6) is 0.437. The van der Waals surface area contributed by atoms with Gasteiger partial charge < -0.3 is 5.73 Å². The molecule has 1 aromatic rings. The lowest BCUT2D eigenvalue weighted by molar-refractivity contribution is 0.513. The highest BCUT2D eigenvalue weighted by molar-refractivity contribution is 6.34. The van der Waals surface area contributed by atoms with Gasteiger partial charge in [-0.05, 0) is 35.6 Å². The van der Waals surface area contributed by atoms with Crippen LogP contribution in [0.15, 0.2) is 12.1 Å². The molecular formula is C10H11Cl2N. The standard InChI is InChI=1S/C10H11Cl2N/c1-5-4-6-7(11)2-3-8(12)9(6)10(5)13/h2-3,5,10H,4,13H2,1H3. The topological polar surface area (TPSA) is 26.0 Å². The third-order valence-corrected chi connectivity index (χ3v) is 3.40. The first-order valence-electron chi connectivity index (χ1n) is 4.33. The summed E-state index contributed by atoms with van der Waals surface area (Å²) in [5, 5.41) is 1.54. The van der Waals surface area contributed by atoms with Crippen LogP contribution in [-0.2, 0) is 6.42 Å². The van der Waals surface area contributed by atoms with E-state index in [1.165, 1.54) is 0 Å². The molecule has 0 saturated carbocycles. The van der Waals surface area contributed by atoms with Crippen molar-refractivity contribution >= 4 is 23.2 Å². The maximum absolute atomic E-state index is 6.06. The summed E-state index contributed by atoms with van der Waals surface area (Å²) in [6, 6.07) is 3.70. The number of hydrogen-bond donors (Lipinski definition) is 1. The zero-order chi connectivity index (χ0) is 9.59. The Morgan fingerprint density at radius 1 is 1.31 bits per heavy atom. The third kappa shape index (κ3) is 1.35. The van der Waals surface area contributed by atoms with Crippen LogP contribution < -0.4 is 5.73 Å². The molecule has 1 aromatic carbocycles. The van der Waals surface area contributed by atoms with Crippen molar-refractivity contribution in [3.8, 4) is 0 Å². The third-order valence-electron chi connectivity index (χ3n) is 2.72. The Kier molecular flexibility index (Phi) is 2.26. The lowest BCUT2D eigenvalue weighted by atomic mass is 10.0. The molecule has 0 bridgehead atoms. The number of fused-ring (bicyclic) bond motifs is 1. The van der Waals surface area contributed by atoms with Crippen molar-refractivity contribution in [3.63, 3.8) is 0 Å². The highest BCUT2D eigenvalue weighted by atomic mass is 35.5. The van der Waals surface area contributed by atoms with Crippen LogP contribution in [0.5, 0.6) is 0 Å². The smallest absolute Gasteiger partial charge is 0.0457 e. The predicted molar refractivity (Wildman–Crippen MR) is 56.3 cm³/mol. The van der Waals surface area contributed by atoms with Gasteiger partial charge in [-0.1, -0.05) is 30.1 Å². The van der Waals surface area contributed by atoms with Crippen molar-refractivity contribution in [3.05, 3.63) is 33.3 Å². The second-order valence-electron chi connectivity index (χ2n) is 3.63. The number of halogens is 2. The fourth-order valence-corrected chi connectivity index (χ4v) is 2.46. The van der Waals surface area contributed by atoms with E-state index in [4.69, 9.17) is 28.9 Å². The Morgan fingerprint density at radius 3 is 2.54 bits per heavy atom. The van der Waals surface area contributed by atoms with E-state index in [-0.39, 0.29) is 6.04 Å². The zero-order valence-electron chi connectivity index (χ0n) is 7.35. The molecule has 1 aliphatic rings. The van der Waals surface area contributed by atoms with Gasteiger partial charge in [0.2, 0.25) is 0 Å². The molecule has 0 spiro atoms. The summed E-state index contributed by atoms with van der Waals surface area (Å²) in [5.41, 5.74) is 8.19.